The van der Waals surface area contributed by atoms with E-state index in [4.69, 9.17) is 5.84 Å². The highest BCUT2D eigenvalue weighted by Gasteiger charge is 2.31. The minimum atomic E-state index is -4.50. The van der Waals surface area contributed by atoms with Gasteiger partial charge in [0.05, 0.1) is 16.8 Å². The van der Waals surface area contributed by atoms with Gasteiger partial charge in [0.2, 0.25) is 0 Å². The fourth-order valence-corrected chi connectivity index (χ4v) is 1.79. The monoisotopic (exact) mass is 289 g/mol. The van der Waals surface area contributed by atoms with Crippen molar-refractivity contribution in [3.8, 4) is 0 Å². The van der Waals surface area contributed by atoms with Gasteiger partial charge >= 0.3 is 6.18 Å². The second-order valence-corrected chi connectivity index (χ2v) is 4.39. The minimum Gasteiger partial charge on any atom is -0.349 e. The third-order valence-corrected chi connectivity index (χ3v) is 3.07. The van der Waals surface area contributed by atoms with Crippen molar-refractivity contribution in [2.75, 3.05) is 5.43 Å². The number of carbonyl (C=O) groups excluding carboxylic acids is 1. The van der Waals surface area contributed by atoms with Crippen LogP contribution in [0.3, 0.4) is 0 Å². The number of amides is 1. The summed E-state index contributed by atoms with van der Waals surface area (Å²) in [6.07, 6.45) is -3.10. The number of nitrogen functional groups attached to an aromatic ring is 1. The topological polar surface area (TPSA) is 67.2 Å². The van der Waals surface area contributed by atoms with E-state index in [-0.39, 0.29) is 17.3 Å². The number of hydrogen-bond acceptors (Lipinski definition) is 3. The zero-order chi connectivity index (χ0) is 15.3. The van der Waals surface area contributed by atoms with Gasteiger partial charge in [0.1, 0.15) is 0 Å². The van der Waals surface area contributed by atoms with Crippen LogP contribution in [0.15, 0.2) is 18.2 Å². The number of anilines is 1. The molecule has 0 aromatic heterocycles. The fraction of sp³-hybridized carbons (Fsp3) is 0.462. The predicted octanol–water partition coefficient (Wildman–Crippen LogP) is 2.91. The number of nitrogens with two attached hydrogens (primary N) is 1. The Morgan fingerprint density at radius 1 is 1.30 bits per heavy atom. The molecule has 0 heterocycles. The number of hydrazine groups is 1. The van der Waals surface area contributed by atoms with E-state index >= 15 is 0 Å². The summed E-state index contributed by atoms with van der Waals surface area (Å²) >= 11 is 0. The van der Waals surface area contributed by atoms with Crippen molar-refractivity contribution in [3.63, 3.8) is 0 Å². The average molecular weight is 289 g/mol. The molecular weight excluding hydrogens is 271 g/mol. The van der Waals surface area contributed by atoms with Crippen molar-refractivity contribution in [1.29, 1.82) is 0 Å². The molecule has 4 nitrogen and oxygen atoms in total. The molecule has 0 saturated carbocycles. The lowest BCUT2D eigenvalue weighted by atomic mass is 10.1. The standard InChI is InChI=1S/C13H18F3N3O/c1-3-9(4-2)18-12(20)10-7-8(13(14,15)16)5-6-11(10)19-17/h5-7,9,19H,3-4,17H2,1-2H3,(H,18,20). The first kappa shape index (κ1) is 16.3. The van der Waals surface area contributed by atoms with Gasteiger partial charge in [-0.05, 0) is 31.0 Å². The molecule has 1 aromatic carbocycles. The summed E-state index contributed by atoms with van der Waals surface area (Å²) in [7, 11) is 0. The van der Waals surface area contributed by atoms with Crippen LogP contribution in [0.25, 0.3) is 0 Å². The SMILES string of the molecule is CCC(CC)NC(=O)c1cc(C(F)(F)F)ccc1NN. The third-order valence-electron chi connectivity index (χ3n) is 3.07. The van der Waals surface area contributed by atoms with Gasteiger partial charge in [-0.2, -0.15) is 13.2 Å². The number of nitrogens with one attached hydrogen (secondary N) is 2. The molecule has 1 amide bonds. The summed E-state index contributed by atoms with van der Waals surface area (Å²) in [5.41, 5.74) is 1.39. The molecule has 112 valence electrons. The van der Waals surface area contributed by atoms with E-state index in [0.717, 1.165) is 18.2 Å². The van der Waals surface area contributed by atoms with Crippen LogP contribution in [0.2, 0.25) is 0 Å². The van der Waals surface area contributed by atoms with Crippen molar-refractivity contribution in [1.82, 2.24) is 5.32 Å². The molecule has 4 N–H and O–H groups in total. The number of carbonyl (C=O) groups is 1. The molecule has 0 unspecified atom stereocenters. The first-order valence-electron chi connectivity index (χ1n) is 6.32. The van der Waals surface area contributed by atoms with E-state index in [9.17, 15) is 18.0 Å². The second-order valence-electron chi connectivity index (χ2n) is 4.39. The predicted molar refractivity (Wildman–Crippen MR) is 71.1 cm³/mol. The highest BCUT2D eigenvalue weighted by Crippen LogP contribution is 2.31. The highest BCUT2D eigenvalue weighted by atomic mass is 19.4. The van der Waals surface area contributed by atoms with Gasteiger partial charge in [-0.15, -0.1) is 0 Å². The zero-order valence-corrected chi connectivity index (χ0v) is 11.3. The van der Waals surface area contributed by atoms with Crippen LogP contribution in [0.1, 0.15) is 42.6 Å². The summed E-state index contributed by atoms with van der Waals surface area (Å²) in [6.45, 7) is 3.78. The lowest BCUT2D eigenvalue weighted by Gasteiger charge is -2.17. The highest BCUT2D eigenvalue weighted by molar-refractivity contribution is 6.00. The van der Waals surface area contributed by atoms with Crippen LogP contribution in [-0.2, 0) is 6.18 Å². The largest absolute Gasteiger partial charge is 0.416 e. The average Bonchev–Trinajstić information content (AvgIpc) is 2.42. The summed E-state index contributed by atoms with van der Waals surface area (Å²) in [5.74, 6) is 4.66. The number of benzene rings is 1. The van der Waals surface area contributed by atoms with Gasteiger partial charge < -0.3 is 10.7 Å². The van der Waals surface area contributed by atoms with Crippen molar-refractivity contribution in [2.24, 2.45) is 5.84 Å². The number of hydrogen-bond donors (Lipinski definition) is 3. The first-order chi connectivity index (χ1) is 9.33. The van der Waals surface area contributed by atoms with Crippen molar-refractivity contribution < 1.29 is 18.0 Å². The van der Waals surface area contributed by atoms with Crippen LogP contribution in [0, 0.1) is 0 Å². The molecule has 7 heteroatoms. The Labute approximate surface area is 115 Å². The molecule has 0 bridgehead atoms. The van der Waals surface area contributed by atoms with Crippen LogP contribution in [0.5, 0.6) is 0 Å². The van der Waals surface area contributed by atoms with Crippen LogP contribution in [-0.4, -0.2) is 11.9 Å². The van der Waals surface area contributed by atoms with E-state index in [2.05, 4.69) is 10.7 Å². The Hall–Kier alpha value is -1.76. The van der Waals surface area contributed by atoms with E-state index in [1.807, 2.05) is 13.8 Å². The quantitative estimate of drug-likeness (QED) is 0.577. The Balaban J connectivity index is 3.10. The minimum absolute atomic E-state index is 0.0809. The normalized spacial score (nSPS) is 11.6. The van der Waals surface area contributed by atoms with Gasteiger partial charge in [0.15, 0.2) is 0 Å². The summed E-state index contributed by atoms with van der Waals surface area (Å²) in [5, 5.41) is 2.68. The molecule has 20 heavy (non-hydrogen) atoms. The second kappa shape index (κ2) is 6.60. The molecular formula is C13H18F3N3O. The summed E-state index contributed by atoms with van der Waals surface area (Å²) in [4.78, 5) is 12.1. The van der Waals surface area contributed by atoms with E-state index in [1.165, 1.54) is 0 Å². The van der Waals surface area contributed by atoms with Gasteiger partial charge in [-0.1, -0.05) is 13.8 Å². The van der Waals surface area contributed by atoms with E-state index in [1.54, 1.807) is 0 Å². The maximum Gasteiger partial charge on any atom is 0.416 e. The first-order valence-corrected chi connectivity index (χ1v) is 6.32. The molecule has 0 aliphatic rings. The number of alkyl halides is 3. The van der Waals surface area contributed by atoms with Crippen molar-refractivity contribution in [2.45, 2.75) is 38.9 Å². The fourth-order valence-electron chi connectivity index (χ4n) is 1.79. The molecule has 1 rings (SSSR count). The molecule has 0 atom stereocenters. The van der Waals surface area contributed by atoms with Gasteiger partial charge in [-0.3, -0.25) is 10.6 Å². The van der Waals surface area contributed by atoms with E-state index < -0.39 is 17.6 Å². The lowest BCUT2D eigenvalue weighted by Crippen LogP contribution is -2.34. The van der Waals surface area contributed by atoms with E-state index in [0.29, 0.717) is 12.8 Å². The van der Waals surface area contributed by atoms with Crippen LogP contribution in [0.4, 0.5) is 18.9 Å². The lowest BCUT2D eigenvalue weighted by molar-refractivity contribution is -0.137. The van der Waals surface area contributed by atoms with Crippen LogP contribution < -0.4 is 16.6 Å². The molecule has 0 aliphatic heterocycles. The summed E-state index contributed by atoms with van der Waals surface area (Å²) < 4.78 is 38.0. The molecule has 0 radical (unpaired) electrons. The molecule has 0 fully saturated rings. The molecule has 0 spiro atoms. The Kier molecular flexibility index (Phi) is 5.38. The maximum atomic E-state index is 12.7. The summed E-state index contributed by atoms with van der Waals surface area (Å²) in [6, 6.07) is 2.74. The Morgan fingerprint density at radius 3 is 2.35 bits per heavy atom. The number of rotatable bonds is 5. The molecule has 0 saturated heterocycles. The van der Waals surface area contributed by atoms with Crippen LogP contribution >= 0.6 is 0 Å². The molecule has 0 aliphatic carbocycles. The number of halogens is 3. The smallest absolute Gasteiger partial charge is 0.349 e. The molecule has 1 aromatic rings. The van der Waals surface area contributed by atoms with Gasteiger partial charge in [0.25, 0.3) is 5.91 Å². The van der Waals surface area contributed by atoms with Crippen molar-refractivity contribution in [3.05, 3.63) is 29.3 Å². The maximum absolute atomic E-state index is 12.7. The van der Waals surface area contributed by atoms with Crippen molar-refractivity contribution >= 4 is 11.6 Å². The van der Waals surface area contributed by atoms with Gasteiger partial charge in [0, 0.05) is 6.04 Å². The third kappa shape index (κ3) is 3.86. The zero-order valence-electron chi connectivity index (χ0n) is 11.3. The van der Waals surface area contributed by atoms with Gasteiger partial charge in [-0.25, -0.2) is 0 Å². The Morgan fingerprint density at radius 2 is 1.90 bits per heavy atom. The Bertz CT molecular complexity index is 470.